The number of benzene rings is 2. The van der Waals surface area contributed by atoms with E-state index in [0.717, 1.165) is 16.8 Å². The summed E-state index contributed by atoms with van der Waals surface area (Å²) in [7, 11) is 0. The second-order valence-electron chi connectivity index (χ2n) is 6.08. The Labute approximate surface area is 135 Å². The van der Waals surface area contributed by atoms with Crippen LogP contribution in [0.25, 0.3) is 0 Å². The van der Waals surface area contributed by atoms with Crippen molar-refractivity contribution < 1.29 is 4.74 Å². The number of nitrogens with one attached hydrogen (secondary N) is 1. The van der Waals surface area contributed by atoms with Crippen LogP contribution in [0.3, 0.4) is 0 Å². The zero-order valence-corrected chi connectivity index (χ0v) is 14.4. The monoisotopic (exact) mass is 347 g/mol. The van der Waals surface area contributed by atoms with Crippen LogP contribution in [0.1, 0.15) is 32.4 Å². The summed E-state index contributed by atoms with van der Waals surface area (Å²) in [5, 5.41) is 3.52. The lowest BCUT2D eigenvalue weighted by atomic mass is 10.1. The lowest BCUT2D eigenvalue weighted by molar-refractivity contribution is 0.187. The first-order chi connectivity index (χ1) is 9.96. The Bertz CT molecular complexity index is 563. The van der Waals surface area contributed by atoms with Gasteiger partial charge in [0.1, 0.15) is 11.9 Å². The van der Waals surface area contributed by atoms with Gasteiger partial charge in [0.2, 0.25) is 0 Å². The van der Waals surface area contributed by atoms with Crippen molar-refractivity contribution in [3.63, 3.8) is 0 Å². The normalized spacial score (nSPS) is 13.0. The van der Waals surface area contributed by atoms with E-state index in [9.17, 15) is 0 Å². The summed E-state index contributed by atoms with van der Waals surface area (Å²) in [6.07, 6.45) is -0.0240. The second-order valence-corrected chi connectivity index (χ2v) is 6.93. The molecule has 0 saturated heterocycles. The molecule has 2 rings (SSSR count). The van der Waals surface area contributed by atoms with Gasteiger partial charge in [0.05, 0.1) is 4.47 Å². The molecule has 0 aliphatic carbocycles. The van der Waals surface area contributed by atoms with Gasteiger partial charge in [0.15, 0.2) is 0 Å². The molecule has 1 unspecified atom stereocenters. The van der Waals surface area contributed by atoms with Crippen molar-refractivity contribution in [2.45, 2.75) is 32.4 Å². The topological polar surface area (TPSA) is 21.3 Å². The van der Waals surface area contributed by atoms with Crippen LogP contribution in [-0.4, -0.2) is 12.1 Å². The van der Waals surface area contributed by atoms with Crippen molar-refractivity contribution in [2.24, 2.45) is 0 Å². The molecule has 0 aliphatic rings. The van der Waals surface area contributed by atoms with E-state index < -0.39 is 0 Å². The Balaban J connectivity index is 2.18. The molecule has 0 bridgehead atoms. The molecule has 1 atom stereocenters. The summed E-state index contributed by atoms with van der Waals surface area (Å²) in [6.45, 7) is 7.24. The van der Waals surface area contributed by atoms with Gasteiger partial charge in [-0.1, -0.05) is 42.5 Å². The van der Waals surface area contributed by atoms with E-state index in [-0.39, 0.29) is 11.6 Å². The summed E-state index contributed by atoms with van der Waals surface area (Å²) >= 11 is 3.54. The van der Waals surface area contributed by atoms with Crippen LogP contribution in [0.2, 0.25) is 0 Å². The Morgan fingerprint density at radius 1 is 1.00 bits per heavy atom. The van der Waals surface area contributed by atoms with Gasteiger partial charge in [0.25, 0.3) is 0 Å². The highest BCUT2D eigenvalue weighted by molar-refractivity contribution is 9.10. The first-order valence-corrected chi connectivity index (χ1v) is 7.96. The van der Waals surface area contributed by atoms with Gasteiger partial charge in [-0.15, -0.1) is 0 Å². The molecule has 3 heteroatoms. The third-order valence-electron chi connectivity index (χ3n) is 3.10. The first kappa shape index (κ1) is 16.1. The first-order valence-electron chi connectivity index (χ1n) is 7.17. The van der Waals surface area contributed by atoms with Gasteiger partial charge < -0.3 is 10.1 Å². The molecule has 2 aromatic rings. The van der Waals surface area contributed by atoms with Gasteiger partial charge in [-0.25, -0.2) is 0 Å². The van der Waals surface area contributed by atoms with Gasteiger partial charge >= 0.3 is 0 Å². The number of rotatable bonds is 5. The zero-order valence-electron chi connectivity index (χ0n) is 12.8. The predicted octanol–water partition coefficient (Wildman–Crippen LogP) is 4.96. The van der Waals surface area contributed by atoms with Crippen LogP contribution in [0.15, 0.2) is 59.1 Å². The van der Waals surface area contributed by atoms with E-state index in [2.05, 4.69) is 54.2 Å². The number of halogens is 1. The minimum atomic E-state index is -0.0240. The maximum atomic E-state index is 6.22. The van der Waals surface area contributed by atoms with Crippen LogP contribution < -0.4 is 10.1 Å². The molecule has 0 aliphatic heterocycles. The quantitative estimate of drug-likeness (QED) is 0.825. The molecule has 0 radical (unpaired) electrons. The number of hydrogen-bond donors (Lipinski definition) is 1. The molecule has 0 amide bonds. The fraction of sp³-hybridized carbons (Fsp3) is 0.333. The largest absolute Gasteiger partial charge is 0.483 e. The van der Waals surface area contributed by atoms with E-state index in [1.54, 1.807) is 0 Å². The Morgan fingerprint density at radius 3 is 2.24 bits per heavy atom. The lowest BCUT2D eigenvalue weighted by Crippen LogP contribution is -2.39. The van der Waals surface area contributed by atoms with E-state index >= 15 is 0 Å². The molecule has 21 heavy (non-hydrogen) atoms. The molecular weight excluding hydrogens is 326 g/mol. The molecule has 0 saturated carbocycles. The van der Waals surface area contributed by atoms with Crippen molar-refractivity contribution in [3.05, 3.63) is 64.6 Å². The smallest absolute Gasteiger partial charge is 0.136 e. The van der Waals surface area contributed by atoms with E-state index in [1.807, 2.05) is 42.5 Å². The van der Waals surface area contributed by atoms with Crippen LogP contribution in [0.4, 0.5) is 0 Å². The third-order valence-corrected chi connectivity index (χ3v) is 3.75. The molecular formula is C18H22BrNO. The number of hydrogen-bond acceptors (Lipinski definition) is 2. The lowest BCUT2D eigenvalue weighted by Gasteiger charge is -2.26. The molecule has 0 heterocycles. The molecule has 112 valence electrons. The third kappa shape index (κ3) is 5.18. The Hall–Kier alpha value is -1.32. The molecule has 2 aromatic carbocycles. The van der Waals surface area contributed by atoms with Gasteiger partial charge in [0, 0.05) is 12.1 Å². The highest BCUT2D eigenvalue weighted by Crippen LogP contribution is 2.29. The molecule has 2 nitrogen and oxygen atoms in total. The zero-order chi connectivity index (χ0) is 15.3. The maximum absolute atomic E-state index is 6.22. The maximum Gasteiger partial charge on any atom is 0.136 e. The van der Waals surface area contributed by atoms with Gasteiger partial charge in [-0.05, 0) is 54.4 Å². The molecule has 1 N–H and O–H groups in total. The standard InChI is InChI=1S/C18H22BrNO/c1-18(2,3)20-13-17(14-9-5-4-6-10-14)21-16-12-8-7-11-15(16)19/h4-12,17,20H,13H2,1-3H3. The minimum absolute atomic E-state index is 0.0240. The van der Waals surface area contributed by atoms with Crippen LogP contribution in [0, 0.1) is 0 Å². The summed E-state index contributed by atoms with van der Waals surface area (Å²) in [4.78, 5) is 0. The summed E-state index contributed by atoms with van der Waals surface area (Å²) in [5.41, 5.74) is 1.23. The van der Waals surface area contributed by atoms with Crippen molar-refractivity contribution >= 4 is 15.9 Å². The highest BCUT2D eigenvalue weighted by atomic mass is 79.9. The van der Waals surface area contributed by atoms with E-state index in [4.69, 9.17) is 4.74 Å². The Kier molecular flexibility index (Phi) is 5.43. The summed E-state index contributed by atoms with van der Waals surface area (Å²) < 4.78 is 7.19. The SMILES string of the molecule is CC(C)(C)NCC(Oc1ccccc1Br)c1ccccc1. The van der Waals surface area contributed by atoms with Crippen molar-refractivity contribution in [1.29, 1.82) is 0 Å². The van der Waals surface area contributed by atoms with Crippen molar-refractivity contribution in [1.82, 2.24) is 5.32 Å². The van der Waals surface area contributed by atoms with Crippen LogP contribution >= 0.6 is 15.9 Å². The average molecular weight is 348 g/mol. The fourth-order valence-electron chi connectivity index (χ4n) is 1.99. The summed E-state index contributed by atoms with van der Waals surface area (Å²) in [6, 6.07) is 18.3. The summed E-state index contributed by atoms with van der Waals surface area (Å²) in [5.74, 6) is 0.863. The molecule has 0 spiro atoms. The average Bonchev–Trinajstić information content (AvgIpc) is 2.45. The fourth-order valence-corrected chi connectivity index (χ4v) is 2.37. The second kappa shape index (κ2) is 7.10. The van der Waals surface area contributed by atoms with Crippen LogP contribution in [-0.2, 0) is 0 Å². The number of para-hydroxylation sites is 1. The number of ether oxygens (including phenoxy) is 1. The highest BCUT2D eigenvalue weighted by Gasteiger charge is 2.18. The van der Waals surface area contributed by atoms with E-state index in [1.165, 1.54) is 5.56 Å². The van der Waals surface area contributed by atoms with Crippen molar-refractivity contribution in [2.75, 3.05) is 6.54 Å². The van der Waals surface area contributed by atoms with Gasteiger partial charge in [-0.3, -0.25) is 0 Å². The molecule has 0 fully saturated rings. The van der Waals surface area contributed by atoms with Crippen LogP contribution in [0.5, 0.6) is 5.75 Å². The van der Waals surface area contributed by atoms with Crippen molar-refractivity contribution in [3.8, 4) is 5.75 Å². The predicted molar refractivity (Wildman–Crippen MR) is 91.7 cm³/mol. The Morgan fingerprint density at radius 2 is 1.62 bits per heavy atom. The van der Waals surface area contributed by atoms with Gasteiger partial charge in [-0.2, -0.15) is 0 Å². The van der Waals surface area contributed by atoms with E-state index in [0.29, 0.717) is 0 Å². The minimum Gasteiger partial charge on any atom is -0.483 e. The molecule has 0 aromatic heterocycles.